The third-order valence-corrected chi connectivity index (χ3v) is 4.02. The van der Waals surface area contributed by atoms with Gasteiger partial charge in [-0.15, -0.1) is 0 Å². The number of sulfonamides is 1. The number of rotatable bonds is 9. The van der Waals surface area contributed by atoms with E-state index in [0.29, 0.717) is 18.8 Å². The van der Waals surface area contributed by atoms with Gasteiger partial charge >= 0.3 is 5.97 Å². The fraction of sp³-hybridized carbons (Fsp3) is 0.417. The number of aliphatic hydroxyl groups excluding tert-OH is 1. The molecular formula is C12H18N2O6S. The van der Waals surface area contributed by atoms with Crippen LogP contribution in [0.15, 0.2) is 23.1 Å². The van der Waals surface area contributed by atoms with Gasteiger partial charge in [-0.05, 0) is 18.2 Å². The Morgan fingerprint density at radius 3 is 2.62 bits per heavy atom. The van der Waals surface area contributed by atoms with Gasteiger partial charge in [0.25, 0.3) is 0 Å². The van der Waals surface area contributed by atoms with Crippen LogP contribution in [0.25, 0.3) is 0 Å². The molecule has 21 heavy (non-hydrogen) atoms. The Kier molecular flexibility index (Phi) is 6.56. The predicted octanol–water partition coefficient (Wildman–Crippen LogP) is -0.286. The molecule has 0 atom stereocenters. The molecule has 0 saturated heterocycles. The molecule has 9 heteroatoms. The number of anilines is 1. The molecule has 0 aliphatic rings. The smallest absolute Gasteiger partial charge is 0.337 e. The molecule has 0 heterocycles. The minimum Gasteiger partial charge on any atom is -0.478 e. The summed E-state index contributed by atoms with van der Waals surface area (Å²) in [6.07, 6.45) is 0. The Balaban J connectivity index is 3.05. The molecule has 0 saturated carbocycles. The lowest BCUT2D eigenvalue weighted by Gasteiger charge is -2.11. The van der Waals surface area contributed by atoms with Crippen LogP contribution in [0.4, 0.5) is 5.69 Å². The molecule has 118 valence electrons. The van der Waals surface area contributed by atoms with Gasteiger partial charge in [-0.1, -0.05) is 0 Å². The summed E-state index contributed by atoms with van der Waals surface area (Å²) in [5.74, 6) is -1.24. The van der Waals surface area contributed by atoms with Crippen LogP contribution in [0.5, 0.6) is 0 Å². The molecule has 0 unspecified atom stereocenters. The first-order valence-electron chi connectivity index (χ1n) is 6.13. The Bertz CT molecular complexity index is 587. The molecule has 4 N–H and O–H groups in total. The second-order valence-electron chi connectivity index (χ2n) is 4.05. The van der Waals surface area contributed by atoms with Gasteiger partial charge in [0.15, 0.2) is 0 Å². The van der Waals surface area contributed by atoms with Crippen LogP contribution in [0, 0.1) is 0 Å². The van der Waals surface area contributed by atoms with Gasteiger partial charge in [0.05, 0.1) is 23.7 Å². The monoisotopic (exact) mass is 318 g/mol. The number of carbonyl (C=O) groups is 1. The first kappa shape index (κ1) is 17.4. The van der Waals surface area contributed by atoms with Crippen LogP contribution in [0.2, 0.25) is 0 Å². The normalized spacial score (nSPS) is 11.3. The van der Waals surface area contributed by atoms with Gasteiger partial charge in [-0.3, -0.25) is 0 Å². The lowest BCUT2D eigenvalue weighted by molar-refractivity contribution is 0.0697. The third kappa shape index (κ3) is 4.97. The fourth-order valence-electron chi connectivity index (χ4n) is 1.57. The average molecular weight is 318 g/mol. The lowest BCUT2D eigenvalue weighted by Crippen LogP contribution is -2.27. The minimum absolute atomic E-state index is 0.140. The van der Waals surface area contributed by atoms with Crippen molar-refractivity contribution in [1.82, 2.24) is 4.72 Å². The van der Waals surface area contributed by atoms with Crippen molar-refractivity contribution in [2.45, 2.75) is 4.90 Å². The Morgan fingerprint density at radius 1 is 1.33 bits per heavy atom. The summed E-state index contributed by atoms with van der Waals surface area (Å²) in [7, 11) is -2.33. The number of carboxylic acids is 1. The van der Waals surface area contributed by atoms with Gasteiger partial charge in [-0.25, -0.2) is 17.9 Å². The van der Waals surface area contributed by atoms with E-state index >= 15 is 0 Å². The first-order chi connectivity index (χ1) is 9.92. The third-order valence-electron chi connectivity index (χ3n) is 2.56. The molecule has 0 spiro atoms. The van der Waals surface area contributed by atoms with Crippen LogP contribution >= 0.6 is 0 Å². The van der Waals surface area contributed by atoms with Crippen LogP contribution in [0.3, 0.4) is 0 Å². The van der Waals surface area contributed by atoms with Crippen LogP contribution in [-0.2, 0) is 14.8 Å². The number of hydrogen-bond donors (Lipinski definition) is 4. The number of aliphatic hydroxyl groups is 1. The summed E-state index contributed by atoms with van der Waals surface area (Å²) in [5.41, 5.74) is 0.152. The highest BCUT2D eigenvalue weighted by Crippen LogP contribution is 2.20. The van der Waals surface area contributed by atoms with Crippen LogP contribution in [0.1, 0.15) is 10.4 Å². The Hall–Kier alpha value is -1.68. The molecule has 1 aromatic rings. The number of ether oxygens (including phenoxy) is 1. The zero-order valence-electron chi connectivity index (χ0n) is 11.5. The first-order valence-corrected chi connectivity index (χ1v) is 7.61. The number of hydrogen-bond acceptors (Lipinski definition) is 6. The lowest BCUT2D eigenvalue weighted by atomic mass is 10.2. The topological polar surface area (TPSA) is 125 Å². The fourth-order valence-corrected chi connectivity index (χ4v) is 2.62. The summed E-state index contributed by atoms with van der Waals surface area (Å²) >= 11 is 0. The summed E-state index contributed by atoms with van der Waals surface area (Å²) in [6, 6.07) is 3.74. The quantitative estimate of drug-likeness (QED) is 0.461. The van der Waals surface area contributed by atoms with Crippen LogP contribution in [-0.4, -0.2) is 58.0 Å². The zero-order valence-corrected chi connectivity index (χ0v) is 12.3. The van der Waals surface area contributed by atoms with Crippen molar-refractivity contribution in [1.29, 1.82) is 0 Å². The molecule has 8 nitrogen and oxygen atoms in total. The average Bonchev–Trinajstić information content (AvgIpc) is 2.45. The van der Waals surface area contributed by atoms with Gasteiger partial charge in [0, 0.05) is 25.9 Å². The summed E-state index contributed by atoms with van der Waals surface area (Å²) < 4.78 is 30.8. The summed E-state index contributed by atoms with van der Waals surface area (Å²) in [5, 5.41) is 20.7. The second kappa shape index (κ2) is 7.93. The molecule has 0 amide bonds. The van der Waals surface area contributed by atoms with E-state index in [2.05, 4.69) is 10.0 Å². The largest absolute Gasteiger partial charge is 0.478 e. The highest BCUT2D eigenvalue weighted by atomic mass is 32.2. The summed E-state index contributed by atoms with van der Waals surface area (Å²) in [6.45, 7) is 0.295. The highest BCUT2D eigenvalue weighted by Gasteiger charge is 2.18. The number of carboxylic acid groups (broad SMARTS) is 1. The maximum atomic E-state index is 11.9. The molecule has 0 fully saturated rings. The molecule has 0 aliphatic carbocycles. The maximum absolute atomic E-state index is 11.9. The van der Waals surface area contributed by atoms with E-state index in [1.807, 2.05) is 0 Å². The molecule has 1 aromatic carbocycles. The van der Waals surface area contributed by atoms with E-state index in [0.717, 1.165) is 6.07 Å². The van der Waals surface area contributed by atoms with E-state index in [1.165, 1.54) is 19.2 Å². The van der Waals surface area contributed by atoms with E-state index in [9.17, 15) is 13.2 Å². The molecular weight excluding hydrogens is 300 g/mol. The summed E-state index contributed by atoms with van der Waals surface area (Å²) in [4.78, 5) is 11.0. The van der Waals surface area contributed by atoms with E-state index < -0.39 is 16.0 Å². The van der Waals surface area contributed by atoms with Crippen molar-refractivity contribution < 1.29 is 28.2 Å². The minimum atomic E-state index is -3.85. The van der Waals surface area contributed by atoms with Gasteiger partial charge in [0.1, 0.15) is 0 Å². The van der Waals surface area contributed by atoms with Crippen molar-refractivity contribution in [3.8, 4) is 0 Å². The zero-order chi connectivity index (χ0) is 15.9. The predicted molar refractivity (Wildman–Crippen MR) is 76.0 cm³/mol. The Labute approximate surface area is 122 Å². The maximum Gasteiger partial charge on any atom is 0.337 e. The second-order valence-corrected chi connectivity index (χ2v) is 5.82. The van der Waals surface area contributed by atoms with Crippen molar-refractivity contribution in [2.75, 3.05) is 38.7 Å². The number of benzene rings is 1. The van der Waals surface area contributed by atoms with Crippen LogP contribution < -0.4 is 10.0 Å². The highest BCUT2D eigenvalue weighted by molar-refractivity contribution is 7.89. The number of nitrogens with one attached hydrogen (secondary N) is 2. The van der Waals surface area contributed by atoms with Crippen molar-refractivity contribution in [2.24, 2.45) is 0 Å². The molecule has 0 aliphatic heterocycles. The molecule has 0 aromatic heterocycles. The molecule has 0 radical (unpaired) electrons. The number of aromatic carboxylic acids is 1. The Morgan fingerprint density at radius 2 is 2.05 bits per heavy atom. The van der Waals surface area contributed by atoms with Gasteiger partial charge < -0.3 is 20.3 Å². The standard InChI is InChI=1S/C12H18N2O6S/c1-20-7-5-13-11-3-2-9(8-10(11)12(16)17)21(18,19)14-4-6-15/h2-3,8,13-15H,4-7H2,1H3,(H,16,17). The van der Waals surface area contributed by atoms with Crippen molar-refractivity contribution in [3.05, 3.63) is 23.8 Å². The van der Waals surface area contributed by atoms with E-state index in [1.54, 1.807) is 0 Å². The SMILES string of the molecule is COCCNc1ccc(S(=O)(=O)NCCO)cc1C(=O)O. The van der Waals surface area contributed by atoms with E-state index in [-0.39, 0.29) is 23.6 Å². The molecule has 1 rings (SSSR count). The van der Waals surface area contributed by atoms with E-state index in [4.69, 9.17) is 14.9 Å². The van der Waals surface area contributed by atoms with Crippen molar-refractivity contribution in [3.63, 3.8) is 0 Å². The molecule has 0 bridgehead atoms. The van der Waals surface area contributed by atoms with Gasteiger partial charge in [-0.2, -0.15) is 0 Å². The van der Waals surface area contributed by atoms with Crippen molar-refractivity contribution >= 4 is 21.7 Å². The number of methoxy groups -OCH3 is 1. The van der Waals surface area contributed by atoms with Gasteiger partial charge in [0.2, 0.25) is 10.0 Å².